The van der Waals surface area contributed by atoms with Gasteiger partial charge >= 0.3 is 4.87 Å². The molecule has 0 fully saturated rings. The van der Waals surface area contributed by atoms with Crippen molar-refractivity contribution in [3.8, 4) is 5.88 Å². The summed E-state index contributed by atoms with van der Waals surface area (Å²) < 4.78 is 5.14. The van der Waals surface area contributed by atoms with E-state index in [0.29, 0.717) is 24.5 Å². The van der Waals surface area contributed by atoms with Gasteiger partial charge in [-0.05, 0) is 19.8 Å². The molecule has 2 N–H and O–H groups in total. The molecule has 4 nitrogen and oxygen atoms in total. The molecule has 1 heterocycles. The Balaban J connectivity index is 2.36. The molecule has 5 heteroatoms. The lowest BCUT2D eigenvalue weighted by Crippen LogP contribution is -1.94. The van der Waals surface area contributed by atoms with Crippen LogP contribution in [0.3, 0.4) is 0 Å². The monoisotopic (exact) mass is 203 g/mol. The molecule has 0 saturated heterocycles. The van der Waals surface area contributed by atoms with Crippen molar-refractivity contribution in [2.24, 2.45) is 0 Å². The van der Waals surface area contributed by atoms with Crippen molar-refractivity contribution in [1.29, 1.82) is 0 Å². The number of hydrogen-bond donors (Lipinski definition) is 2. The van der Waals surface area contributed by atoms with E-state index in [1.807, 2.05) is 6.92 Å². The number of ether oxygens (including phenoxy) is 1. The second-order valence-corrected chi connectivity index (χ2v) is 3.65. The summed E-state index contributed by atoms with van der Waals surface area (Å²) in [7, 11) is 0. The van der Waals surface area contributed by atoms with E-state index in [1.165, 1.54) is 0 Å². The Labute approximate surface area is 80.2 Å². The topological polar surface area (TPSA) is 62.3 Å². The second-order valence-electron chi connectivity index (χ2n) is 2.59. The molecule has 0 atom stereocenters. The van der Waals surface area contributed by atoms with Gasteiger partial charge in [-0.15, -0.1) is 0 Å². The van der Waals surface area contributed by atoms with Crippen LogP contribution in [-0.4, -0.2) is 23.3 Å². The SMILES string of the molecule is CCOCCCc1sc(=O)[nH]c1O. The Morgan fingerprint density at radius 2 is 2.38 bits per heavy atom. The first-order chi connectivity index (χ1) is 6.24. The summed E-state index contributed by atoms with van der Waals surface area (Å²) in [5, 5.41) is 9.20. The van der Waals surface area contributed by atoms with Crippen LogP contribution in [0.5, 0.6) is 5.88 Å². The number of rotatable bonds is 5. The lowest BCUT2D eigenvalue weighted by molar-refractivity contribution is 0.145. The van der Waals surface area contributed by atoms with Crippen LogP contribution in [-0.2, 0) is 11.2 Å². The van der Waals surface area contributed by atoms with E-state index in [-0.39, 0.29) is 10.8 Å². The summed E-state index contributed by atoms with van der Waals surface area (Å²) in [6.45, 7) is 3.31. The molecular weight excluding hydrogens is 190 g/mol. The van der Waals surface area contributed by atoms with Gasteiger partial charge in [0.1, 0.15) is 0 Å². The van der Waals surface area contributed by atoms with Crippen LogP contribution in [0.25, 0.3) is 0 Å². The molecule has 0 aliphatic heterocycles. The molecule has 0 aliphatic rings. The van der Waals surface area contributed by atoms with Crippen molar-refractivity contribution in [3.63, 3.8) is 0 Å². The van der Waals surface area contributed by atoms with E-state index in [0.717, 1.165) is 17.8 Å². The lowest BCUT2D eigenvalue weighted by atomic mass is 10.3. The van der Waals surface area contributed by atoms with E-state index in [2.05, 4.69) is 4.98 Å². The first kappa shape index (κ1) is 10.3. The Morgan fingerprint density at radius 1 is 1.62 bits per heavy atom. The number of aromatic nitrogens is 1. The van der Waals surface area contributed by atoms with Crippen molar-refractivity contribution in [3.05, 3.63) is 14.5 Å². The quantitative estimate of drug-likeness (QED) is 0.705. The maximum absolute atomic E-state index is 10.8. The Kier molecular flexibility index (Phi) is 3.98. The number of nitrogens with one attached hydrogen (secondary N) is 1. The molecular formula is C8H13NO3S. The Hall–Kier alpha value is -0.810. The van der Waals surface area contributed by atoms with E-state index in [1.54, 1.807) is 0 Å². The molecule has 0 bridgehead atoms. The number of aromatic hydroxyl groups is 1. The van der Waals surface area contributed by atoms with Crippen LogP contribution in [0, 0.1) is 0 Å². The fraction of sp³-hybridized carbons (Fsp3) is 0.625. The van der Waals surface area contributed by atoms with Crippen molar-refractivity contribution >= 4 is 11.3 Å². The van der Waals surface area contributed by atoms with Crippen molar-refractivity contribution in [2.75, 3.05) is 13.2 Å². The van der Waals surface area contributed by atoms with Gasteiger partial charge in [0, 0.05) is 13.2 Å². The fourth-order valence-electron chi connectivity index (χ4n) is 1.00. The highest BCUT2D eigenvalue weighted by Crippen LogP contribution is 2.17. The molecule has 0 spiro atoms. The third-order valence-electron chi connectivity index (χ3n) is 1.60. The molecule has 1 aromatic heterocycles. The summed E-state index contributed by atoms with van der Waals surface area (Å²) in [5.74, 6) is 0.00602. The molecule has 0 unspecified atom stereocenters. The summed E-state index contributed by atoms with van der Waals surface area (Å²) >= 11 is 1.06. The van der Waals surface area contributed by atoms with Crippen molar-refractivity contribution < 1.29 is 9.84 Å². The fourth-order valence-corrected chi connectivity index (χ4v) is 1.77. The third-order valence-corrected chi connectivity index (χ3v) is 2.53. The van der Waals surface area contributed by atoms with E-state index in [4.69, 9.17) is 4.74 Å². The molecule has 0 radical (unpaired) electrons. The van der Waals surface area contributed by atoms with Crippen LogP contribution < -0.4 is 4.87 Å². The van der Waals surface area contributed by atoms with Crippen LogP contribution in [0.1, 0.15) is 18.2 Å². The highest BCUT2D eigenvalue weighted by molar-refractivity contribution is 7.09. The normalized spacial score (nSPS) is 10.5. The van der Waals surface area contributed by atoms with Crippen molar-refractivity contribution in [2.45, 2.75) is 19.8 Å². The molecule has 13 heavy (non-hydrogen) atoms. The Morgan fingerprint density at radius 3 is 2.92 bits per heavy atom. The van der Waals surface area contributed by atoms with Crippen LogP contribution >= 0.6 is 11.3 Å². The highest BCUT2D eigenvalue weighted by Gasteiger charge is 2.05. The minimum Gasteiger partial charge on any atom is -0.494 e. The molecule has 0 aliphatic carbocycles. The molecule has 0 aromatic carbocycles. The van der Waals surface area contributed by atoms with Gasteiger partial charge in [0.05, 0.1) is 4.88 Å². The molecule has 0 saturated carbocycles. The summed E-state index contributed by atoms with van der Waals surface area (Å²) in [5.41, 5.74) is 0. The summed E-state index contributed by atoms with van der Waals surface area (Å²) in [6.07, 6.45) is 1.52. The van der Waals surface area contributed by atoms with Crippen molar-refractivity contribution in [1.82, 2.24) is 4.98 Å². The van der Waals surface area contributed by atoms with Gasteiger partial charge < -0.3 is 9.84 Å². The number of thiazole rings is 1. The first-order valence-corrected chi connectivity index (χ1v) is 5.04. The second kappa shape index (κ2) is 5.04. The maximum Gasteiger partial charge on any atom is 0.307 e. The lowest BCUT2D eigenvalue weighted by Gasteiger charge is -1.98. The average molecular weight is 203 g/mol. The predicted molar refractivity (Wildman–Crippen MR) is 51.4 cm³/mol. The Bertz CT molecular complexity index is 305. The summed E-state index contributed by atoms with van der Waals surface area (Å²) in [6, 6.07) is 0. The summed E-state index contributed by atoms with van der Waals surface area (Å²) in [4.78, 5) is 13.6. The molecule has 1 rings (SSSR count). The third kappa shape index (κ3) is 3.20. The number of aromatic amines is 1. The van der Waals surface area contributed by atoms with Gasteiger partial charge in [-0.25, -0.2) is 0 Å². The number of hydrogen-bond acceptors (Lipinski definition) is 4. The minimum absolute atomic E-state index is 0.00602. The van der Waals surface area contributed by atoms with E-state index in [9.17, 15) is 9.90 Å². The van der Waals surface area contributed by atoms with Gasteiger partial charge in [-0.1, -0.05) is 11.3 Å². The van der Waals surface area contributed by atoms with E-state index >= 15 is 0 Å². The standard InChI is InChI=1S/C8H13NO3S/c1-2-12-5-3-4-6-7(10)9-8(11)13-6/h10H,2-5H2,1H3,(H,9,11). The minimum atomic E-state index is -0.205. The number of H-pyrrole nitrogens is 1. The zero-order chi connectivity index (χ0) is 9.68. The average Bonchev–Trinajstić information content (AvgIpc) is 2.39. The van der Waals surface area contributed by atoms with Crippen LogP contribution in [0.4, 0.5) is 0 Å². The van der Waals surface area contributed by atoms with Crippen LogP contribution in [0.2, 0.25) is 0 Å². The molecule has 0 amide bonds. The van der Waals surface area contributed by atoms with Gasteiger partial charge in [-0.3, -0.25) is 9.78 Å². The molecule has 1 aromatic rings. The van der Waals surface area contributed by atoms with Gasteiger partial charge in [0.2, 0.25) is 5.88 Å². The van der Waals surface area contributed by atoms with Gasteiger partial charge in [0.15, 0.2) is 0 Å². The van der Waals surface area contributed by atoms with E-state index < -0.39 is 0 Å². The van der Waals surface area contributed by atoms with Crippen LogP contribution in [0.15, 0.2) is 4.79 Å². The first-order valence-electron chi connectivity index (χ1n) is 4.22. The highest BCUT2D eigenvalue weighted by atomic mass is 32.1. The zero-order valence-electron chi connectivity index (χ0n) is 7.50. The van der Waals surface area contributed by atoms with Gasteiger partial charge in [-0.2, -0.15) is 0 Å². The largest absolute Gasteiger partial charge is 0.494 e. The number of aryl methyl sites for hydroxylation is 1. The predicted octanol–water partition coefficient (Wildman–Crippen LogP) is 1.11. The van der Waals surface area contributed by atoms with Gasteiger partial charge in [0.25, 0.3) is 0 Å². The smallest absolute Gasteiger partial charge is 0.307 e. The maximum atomic E-state index is 10.8. The molecule has 74 valence electrons. The zero-order valence-corrected chi connectivity index (χ0v) is 8.32.